The van der Waals surface area contributed by atoms with Crippen LogP contribution in [0.4, 0.5) is 4.39 Å². The van der Waals surface area contributed by atoms with Crippen molar-refractivity contribution in [1.82, 2.24) is 15.1 Å². The van der Waals surface area contributed by atoms with Crippen molar-refractivity contribution in [3.63, 3.8) is 0 Å². The van der Waals surface area contributed by atoms with Crippen LogP contribution in [0.3, 0.4) is 0 Å². The zero-order valence-corrected chi connectivity index (χ0v) is 12.7. The molecule has 1 N–H and O–H groups in total. The van der Waals surface area contributed by atoms with E-state index in [4.69, 9.17) is 4.74 Å². The van der Waals surface area contributed by atoms with Crippen LogP contribution in [0.2, 0.25) is 0 Å². The lowest BCUT2D eigenvalue weighted by molar-refractivity contribution is 0.0917. The molecule has 0 aliphatic carbocycles. The molecule has 0 saturated carbocycles. The fourth-order valence-corrected chi connectivity index (χ4v) is 3.30. The van der Waals surface area contributed by atoms with Gasteiger partial charge in [-0.05, 0) is 31.4 Å². The second-order valence-corrected chi connectivity index (χ2v) is 6.02. The molecule has 120 valence electrons. The Labute approximate surface area is 133 Å². The molecule has 4 rings (SSSR count). The van der Waals surface area contributed by atoms with Gasteiger partial charge in [-0.3, -0.25) is 9.48 Å². The van der Waals surface area contributed by atoms with E-state index in [1.54, 1.807) is 12.1 Å². The van der Waals surface area contributed by atoms with Crippen molar-refractivity contribution < 1.29 is 13.9 Å². The quantitative estimate of drug-likeness (QED) is 0.927. The van der Waals surface area contributed by atoms with Crippen LogP contribution in [-0.4, -0.2) is 22.3 Å². The maximum Gasteiger partial charge on any atom is 0.272 e. The average Bonchev–Trinajstić information content (AvgIpc) is 3.00. The molecule has 1 aromatic carbocycles. The fraction of sp³-hybridized carbons (Fsp3) is 0.412. The molecule has 2 aliphatic heterocycles. The van der Waals surface area contributed by atoms with Gasteiger partial charge in [-0.1, -0.05) is 12.1 Å². The van der Waals surface area contributed by atoms with Crippen LogP contribution in [0, 0.1) is 5.82 Å². The van der Waals surface area contributed by atoms with Crippen molar-refractivity contribution in [2.24, 2.45) is 0 Å². The molecule has 0 radical (unpaired) electrons. The van der Waals surface area contributed by atoms with E-state index < -0.39 is 0 Å². The number of aryl methyl sites for hydroxylation is 2. The molecule has 23 heavy (non-hydrogen) atoms. The van der Waals surface area contributed by atoms with Gasteiger partial charge in [0, 0.05) is 24.2 Å². The Hall–Kier alpha value is -2.37. The molecule has 1 atom stereocenters. The average molecular weight is 315 g/mol. The molecule has 0 bridgehead atoms. The summed E-state index contributed by atoms with van der Waals surface area (Å²) in [7, 11) is 0. The summed E-state index contributed by atoms with van der Waals surface area (Å²) in [5, 5.41) is 7.36. The highest BCUT2D eigenvalue weighted by Crippen LogP contribution is 2.34. The topological polar surface area (TPSA) is 56.1 Å². The first-order valence-corrected chi connectivity index (χ1v) is 8.01. The van der Waals surface area contributed by atoms with Gasteiger partial charge in [0.05, 0.1) is 12.6 Å². The number of carbonyl (C=O) groups excluding carboxylic acids is 1. The molecular formula is C17H18FN3O2. The molecule has 3 heterocycles. The van der Waals surface area contributed by atoms with Crippen molar-refractivity contribution in [2.75, 3.05) is 6.61 Å². The third-order valence-corrected chi connectivity index (χ3v) is 4.48. The van der Waals surface area contributed by atoms with Crippen LogP contribution in [-0.2, 0) is 13.0 Å². The van der Waals surface area contributed by atoms with E-state index in [1.807, 2.05) is 10.7 Å². The number of aromatic nitrogens is 2. The normalized spacial score (nSPS) is 19.4. The lowest BCUT2D eigenvalue weighted by atomic mass is 10.00. The molecule has 1 aromatic heterocycles. The SMILES string of the molecule is O=C(N[C@H]1CCOc2c(F)cccc21)c1cc2n(n1)CCCC2. The molecular weight excluding hydrogens is 297 g/mol. The van der Waals surface area contributed by atoms with Gasteiger partial charge in [0.15, 0.2) is 11.6 Å². The van der Waals surface area contributed by atoms with Crippen molar-refractivity contribution in [3.05, 3.63) is 47.0 Å². The predicted molar refractivity (Wildman–Crippen MR) is 81.9 cm³/mol. The van der Waals surface area contributed by atoms with E-state index in [1.165, 1.54) is 6.07 Å². The maximum atomic E-state index is 13.8. The Balaban J connectivity index is 1.56. The van der Waals surface area contributed by atoms with Crippen LogP contribution in [0.5, 0.6) is 5.75 Å². The number of ether oxygens (including phenoxy) is 1. The van der Waals surface area contributed by atoms with E-state index in [2.05, 4.69) is 10.4 Å². The van der Waals surface area contributed by atoms with Gasteiger partial charge in [0.1, 0.15) is 5.69 Å². The van der Waals surface area contributed by atoms with E-state index in [9.17, 15) is 9.18 Å². The molecule has 6 heteroatoms. The third kappa shape index (κ3) is 2.58. The smallest absolute Gasteiger partial charge is 0.272 e. The van der Waals surface area contributed by atoms with E-state index in [-0.39, 0.29) is 23.5 Å². The lowest BCUT2D eigenvalue weighted by Gasteiger charge is -2.26. The minimum atomic E-state index is -0.390. The fourth-order valence-electron chi connectivity index (χ4n) is 3.30. The van der Waals surface area contributed by atoms with Gasteiger partial charge in [-0.25, -0.2) is 4.39 Å². The maximum absolute atomic E-state index is 13.8. The standard InChI is InChI=1S/C17H18FN3O2/c18-13-6-3-5-12-14(7-9-23-16(12)13)19-17(22)15-10-11-4-1-2-8-21(11)20-15/h3,5-6,10,14H,1-2,4,7-9H2,(H,19,22)/t14-/m0/s1. The number of nitrogens with one attached hydrogen (secondary N) is 1. The largest absolute Gasteiger partial charge is 0.490 e. The second kappa shape index (κ2) is 5.68. The highest BCUT2D eigenvalue weighted by molar-refractivity contribution is 5.92. The summed E-state index contributed by atoms with van der Waals surface area (Å²) in [4.78, 5) is 12.5. The zero-order chi connectivity index (χ0) is 15.8. The van der Waals surface area contributed by atoms with Crippen LogP contribution in [0.25, 0.3) is 0 Å². The Bertz CT molecular complexity index is 733. The first-order chi connectivity index (χ1) is 11.2. The monoisotopic (exact) mass is 315 g/mol. The van der Waals surface area contributed by atoms with E-state index in [0.717, 1.165) is 31.5 Å². The Morgan fingerprint density at radius 1 is 1.39 bits per heavy atom. The van der Waals surface area contributed by atoms with E-state index in [0.29, 0.717) is 24.3 Å². The van der Waals surface area contributed by atoms with Gasteiger partial charge in [-0.2, -0.15) is 5.10 Å². The number of fused-ring (bicyclic) bond motifs is 2. The number of benzene rings is 1. The number of carbonyl (C=O) groups is 1. The molecule has 5 nitrogen and oxygen atoms in total. The Morgan fingerprint density at radius 2 is 2.30 bits per heavy atom. The number of rotatable bonds is 2. The Morgan fingerprint density at radius 3 is 3.17 bits per heavy atom. The first kappa shape index (κ1) is 14.2. The minimum absolute atomic E-state index is 0.214. The molecule has 0 spiro atoms. The molecule has 2 aliphatic rings. The zero-order valence-electron chi connectivity index (χ0n) is 12.7. The summed E-state index contributed by atoms with van der Waals surface area (Å²) >= 11 is 0. The van der Waals surface area contributed by atoms with Gasteiger partial charge in [-0.15, -0.1) is 0 Å². The van der Waals surface area contributed by atoms with Gasteiger partial charge < -0.3 is 10.1 Å². The third-order valence-electron chi connectivity index (χ3n) is 4.48. The highest BCUT2D eigenvalue weighted by atomic mass is 19.1. The van der Waals surface area contributed by atoms with Crippen molar-refractivity contribution in [1.29, 1.82) is 0 Å². The number of para-hydroxylation sites is 1. The number of halogens is 1. The molecule has 0 fully saturated rings. The molecule has 0 unspecified atom stereocenters. The number of nitrogens with zero attached hydrogens (tertiary/aromatic N) is 2. The van der Waals surface area contributed by atoms with Gasteiger partial charge in [0.2, 0.25) is 0 Å². The van der Waals surface area contributed by atoms with Crippen LogP contribution >= 0.6 is 0 Å². The lowest BCUT2D eigenvalue weighted by Crippen LogP contribution is -2.32. The summed E-state index contributed by atoms with van der Waals surface area (Å²) < 4.78 is 21.1. The van der Waals surface area contributed by atoms with Crippen LogP contribution in [0.1, 0.15) is 47.1 Å². The minimum Gasteiger partial charge on any atom is -0.490 e. The first-order valence-electron chi connectivity index (χ1n) is 8.01. The Kier molecular flexibility index (Phi) is 3.52. The van der Waals surface area contributed by atoms with Crippen LogP contribution < -0.4 is 10.1 Å². The summed E-state index contributed by atoms with van der Waals surface area (Å²) in [6, 6.07) is 6.41. The molecule has 2 aromatic rings. The summed E-state index contributed by atoms with van der Waals surface area (Å²) in [6.45, 7) is 1.26. The van der Waals surface area contributed by atoms with Crippen molar-refractivity contribution in [2.45, 2.75) is 38.3 Å². The van der Waals surface area contributed by atoms with Crippen molar-refractivity contribution >= 4 is 5.91 Å². The van der Waals surface area contributed by atoms with Gasteiger partial charge >= 0.3 is 0 Å². The number of hydrogen-bond acceptors (Lipinski definition) is 3. The summed E-state index contributed by atoms with van der Waals surface area (Å²) in [6.07, 6.45) is 3.82. The predicted octanol–water partition coefficient (Wildman–Crippen LogP) is 2.61. The molecule has 1 amide bonds. The van der Waals surface area contributed by atoms with E-state index >= 15 is 0 Å². The molecule has 0 saturated heterocycles. The van der Waals surface area contributed by atoms with Crippen LogP contribution in [0.15, 0.2) is 24.3 Å². The highest BCUT2D eigenvalue weighted by Gasteiger charge is 2.26. The summed E-state index contributed by atoms with van der Waals surface area (Å²) in [5.74, 6) is -0.360. The van der Waals surface area contributed by atoms with Gasteiger partial charge in [0.25, 0.3) is 5.91 Å². The number of amides is 1. The van der Waals surface area contributed by atoms with Crippen molar-refractivity contribution in [3.8, 4) is 5.75 Å². The number of hydrogen-bond donors (Lipinski definition) is 1. The second-order valence-electron chi connectivity index (χ2n) is 6.02. The summed E-state index contributed by atoms with van der Waals surface area (Å²) in [5.41, 5.74) is 2.24.